The minimum atomic E-state index is -5.24. The summed E-state index contributed by atoms with van der Waals surface area (Å²) in [5, 5.41) is 9.38. The Labute approximate surface area is 105 Å². The highest BCUT2D eigenvalue weighted by Gasteiger charge is 2.41. The molecule has 0 aromatic heterocycles. The number of benzene rings is 1. The first-order chi connectivity index (χ1) is 8.42. The fraction of sp³-hybridized carbons (Fsp3) is 0.250. The summed E-state index contributed by atoms with van der Waals surface area (Å²) in [4.78, 5) is 8.94. The lowest BCUT2D eigenvalue weighted by Crippen LogP contribution is -2.18. The van der Waals surface area contributed by atoms with Crippen molar-refractivity contribution in [2.45, 2.75) is 12.5 Å². The maximum atomic E-state index is 12.4. The Kier molecular flexibility index (Phi) is 3.84. The highest BCUT2D eigenvalue weighted by Crippen LogP contribution is 2.42. The van der Waals surface area contributed by atoms with Crippen molar-refractivity contribution in [3.05, 3.63) is 32.8 Å². The lowest BCUT2D eigenvalue weighted by atomic mass is 10.1. The third-order valence-electron chi connectivity index (χ3n) is 1.78. The summed E-state index contributed by atoms with van der Waals surface area (Å²) in [5.74, 6) is -1.28. The minimum absolute atomic E-state index is 0.000756. The fourth-order valence-corrected chi connectivity index (χ4v) is 1.33. The molecule has 0 atom stereocenters. The van der Waals surface area contributed by atoms with E-state index in [0.29, 0.717) is 0 Å². The Morgan fingerprint density at radius 2 is 1.68 bits per heavy atom. The molecular formula is C8H2ClF6NO3. The highest BCUT2D eigenvalue weighted by molar-refractivity contribution is 6.32. The van der Waals surface area contributed by atoms with E-state index in [1.165, 1.54) is 0 Å². The molecule has 0 radical (unpaired) electrons. The van der Waals surface area contributed by atoms with Gasteiger partial charge in [0.2, 0.25) is 0 Å². The Bertz CT molecular complexity index is 512. The molecule has 0 aliphatic heterocycles. The van der Waals surface area contributed by atoms with Crippen LogP contribution in [0.1, 0.15) is 5.56 Å². The molecule has 19 heavy (non-hydrogen) atoms. The monoisotopic (exact) mass is 309 g/mol. The van der Waals surface area contributed by atoms with Crippen LogP contribution in [0.4, 0.5) is 32.0 Å². The minimum Gasteiger partial charge on any atom is -0.404 e. The third-order valence-corrected chi connectivity index (χ3v) is 2.07. The van der Waals surface area contributed by atoms with Crippen LogP contribution >= 0.6 is 11.6 Å². The molecule has 1 rings (SSSR count). The zero-order valence-corrected chi connectivity index (χ0v) is 9.23. The van der Waals surface area contributed by atoms with Crippen molar-refractivity contribution in [1.29, 1.82) is 0 Å². The largest absolute Gasteiger partial charge is 0.573 e. The zero-order valence-electron chi connectivity index (χ0n) is 8.47. The number of ether oxygens (including phenoxy) is 1. The Hall–Kier alpha value is -1.71. The summed E-state index contributed by atoms with van der Waals surface area (Å²) >= 11 is 5.17. The summed E-state index contributed by atoms with van der Waals surface area (Å²) in [6.45, 7) is 0. The molecule has 0 fully saturated rings. The second-order valence-electron chi connectivity index (χ2n) is 3.10. The number of nitro groups is 1. The Morgan fingerprint density at radius 1 is 1.16 bits per heavy atom. The molecule has 1 aromatic rings. The van der Waals surface area contributed by atoms with Crippen molar-refractivity contribution >= 4 is 17.3 Å². The van der Waals surface area contributed by atoms with E-state index in [2.05, 4.69) is 4.74 Å². The molecule has 0 aliphatic rings. The molecule has 11 heteroatoms. The molecule has 1 aromatic carbocycles. The van der Waals surface area contributed by atoms with Crippen molar-refractivity contribution in [2.75, 3.05) is 0 Å². The van der Waals surface area contributed by atoms with Gasteiger partial charge in [0, 0.05) is 0 Å². The molecular weight excluding hydrogens is 308 g/mol. The molecule has 0 N–H and O–H groups in total. The van der Waals surface area contributed by atoms with Crippen molar-refractivity contribution in [2.24, 2.45) is 0 Å². The van der Waals surface area contributed by atoms with Crippen LogP contribution < -0.4 is 4.74 Å². The van der Waals surface area contributed by atoms with Gasteiger partial charge < -0.3 is 4.74 Å². The SMILES string of the molecule is O=[N+]([O-])c1cc(OC(F)(F)F)c(Cl)cc1C(F)(F)F. The van der Waals surface area contributed by atoms with E-state index in [9.17, 15) is 36.5 Å². The molecule has 4 nitrogen and oxygen atoms in total. The number of hydrogen-bond donors (Lipinski definition) is 0. The molecule has 0 aliphatic carbocycles. The van der Waals surface area contributed by atoms with E-state index >= 15 is 0 Å². The molecule has 0 saturated heterocycles. The summed E-state index contributed by atoms with van der Waals surface area (Å²) in [6.07, 6.45) is -10.4. The average molecular weight is 310 g/mol. The molecule has 0 spiro atoms. The maximum absolute atomic E-state index is 12.4. The number of hydrogen-bond acceptors (Lipinski definition) is 3. The van der Waals surface area contributed by atoms with E-state index in [1.54, 1.807) is 0 Å². The van der Waals surface area contributed by atoms with Gasteiger partial charge in [0.1, 0.15) is 5.56 Å². The quantitative estimate of drug-likeness (QED) is 0.468. The highest BCUT2D eigenvalue weighted by atomic mass is 35.5. The van der Waals surface area contributed by atoms with Gasteiger partial charge in [-0.3, -0.25) is 10.1 Å². The first-order valence-electron chi connectivity index (χ1n) is 4.22. The van der Waals surface area contributed by atoms with Crippen LogP contribution in [0, 0.1) is 10.1 Å². The first-order valence-corrected chi connectivity index (χ1v) is 4.60. The lowest BCUT2D eigenvalue weighted by molar-refractivity contribution is -0.388. The van der Waals surface area contributed by atoms with Gasteiger partial charge in [-0.25, -0.2) is 0 Å². The van der Waals surface area contributed by atoms with Crippen molar-refractivity contribution < 1.29 is 36.0 Å². The first kappa shape index (κ1) is 15.3. The standard InChI is InChI=1S/C8H2ClF6NO3/c9-4-1-3(7(10,11)12)5(16(17)18)2-6(4)19-8(13,14)15/h1-2H. The predicted molar refractivity (Wildman–Crippen MR) is 49.8 cm³/mol. The second-order valence-corrected chi connectivity index (χ2v) is 3.51. The fourth-order valence-electron chi connectivity index (χ4n) is 1.12. The third kappa shape index (κ3) is 3.88. The van der Waals surface area contributed by atoms with Gasteiger partial charge >= 0.3 is 12.5 Å². The van der Waals surface area contributed by atoms with Crippen LogP contribution in [-0.4, -0.2) is 11.3 Å². The molecule has 0 saturated carbocycles. The summed E-state index contributed by atoms with van der Waals surface area (Å²) in [7, 11) is 0. The summed E-state index contributed by atoms with van der Waals surface area (Å²) < 4.78 is 76.3. The summed E-state index contributed by atoms with van der Waals surface area (Å²) in [5.41, 5.74) is -3.35. The number of alkyl halides is 6. The molecule has 0 amide bonds. The number of nitro benzene ring substituents is 1. The summed E-state index contributed by atoms with van der Waals surface area (Å²) in [6, 6.07) is -0.0284. The Morgan fingerprint density at radius 3 is 2.05 bits per heavy atom. The van der Waals surface area contributed by atoms with Gasteiger partial charge in [0.15, 0.2) is 5.75 Å². The number of rotatable bonds is 2. The van der Waals surface area contributed by atoms with Gasteiger partial charge in [-0.1, -0.05) is 11.6 Å². The molecule has 0 heterocycles. The topological polar surface area (TPSA) is 52.4 Å². The van der Waals surface area contributed by atoms with E-state index in [0.717, 1.165) is 0 Å². The lowest BCUT2D eigenvalue weighted by Gasteiger charge is -2.13. The van der Waals surface area contributed by atoms with Crippen LogP contribution in [0.3, 0.4) is 0 Å². The van der Waals surface area contributed by atoms with E-state index in [4.69, 9.17) is 11.6 Å². The van der Waals surface area contributed by atoms with E-state index in [1.807, 2.05) is 0 Å². The second kappa shape index (κ2) is 4.76. The zero-order chi connectivity index (χ0) is 15.0. The molecule has 106 valence electrons. The smallest absolute Gasteiger partial charge is 0.404 e. The van der Waals surface area contributed by atoms with Gasteiger partial charge in [-0.05, 0) is 6.07 Å². The van der Waals surface area contributed by atoms with E-state index in [-0.39, 0.29) is 12.1 Å². The van der Waals surface area contributed by atoms with Crippen molar-refractivity contribution in [3.8, 4) is 5.75 Å². The van der Waals surface area contributed by atoms with Gasteiger partial charge in [-0.15, -0.1) is 13.2 Å². The molecule has 0 unspecified atom stereocenters. The predicted octanol–water partition coefficient (Wildman–Crippen LogP) is 4.17. The maximum Gasteiger partial charge on any atom is 0.573 e. The number of nitrogens with zero attached hydrogens (tertiary/aromatic N) is 1. The van der Waals surface area contributed by atoms with Gasteiger partial charge in [-0.2, -0.15) is 13.2 Å². The molecule has 0 bridgehead atoms. The van der Waals surface area contributed by atoms with Crippen molar-refractivity contribution in [1.82, 2.24) is 0 Å². The van der Waals surface area contributed by atoms with Gasteiger partial charge in [0.25, 0.3) is 5.69 Å². The van der Waals surface area contributed by atoms with Crippen LogP contribution in [0.2, 0.25) is 5.02 Å². The van der Waals surface area contributed by atoms with Crippen LogP contribution in [-0.2, 0) is 6.18 Å². The van der Waals surface area contributed by atoms with Crippen molar-refractivity contribution in [3.63, 3.8) is 0 Å². The van der Waals surface area contributed by atoms with Crippen LogP contribution in [0.25, 0.3) is 0 Å². The Balaban J connectivity index is 3.42. The van der Waals surface area contributed by atoms with Gasteiger partial charge in [0.05, 0.1) is 16.0 Å². The van der Waals surface area contributed by atoms with E-state index < -0.39 is 39.5 Å². The van der Waals surface area contributed by atoms with Crippen LogP contribution in [0.5, 0.6) is 5.75 Å². The average Bonchev–Trinajstić information content (AvgIpc) is 2.16. The van der Waals surface area contributed by atoms with Crippen LogP contribution in [0.15, 0.2) is 12.1 Å². The normalized spacial score (nSPS) is 12.4. The number of halogens is 7.